The lowest BCUT2D eigenvalue weighted by molar-refractivity contribution is 0.549. The molecule has 3 N–H and O–H groups in total. The fourth-order valence-electron chi connectivity index (χ4n) is 1.03. The maximum atomic E-state index is 5.89. The molecule has 0 saturated carbocycles. The zero-order valence-electron chi connectivity index (χ0n) is 8.89. The number of halogens is 1. The SMILES string of the molecule is Cc1ccc(NCC(C)(C)N)cc1I. The van der Waals surface area contributed by atoms with E-state index in [4.69, 9.17) is 5.73 Å². The molecule has 0 radical (unpaired) electrons. The summed E-state index contributed by atoms with van der Waals surface area (Å²) in [6.45, 7) is 6.92. The molecule has 0 spiro atoms. The van der Waals surface area contributed by atoms with Gasteiger partial charge in [0.1, 0.15) is 0 Å². The first-order chi connectivity index (χ1) is 6.38. The number of nitrogens with two attached hydrogens (primary N) is 1. The zero-order chi connectivity index (χ0) is 10.8. The lowest BCUT2D eigenvalue weighted by Gasteiger charge is -2.20. The Bertz CT molecular complexity index is 316. The van der Waals surface area contributed by atoms with Crippen molar-refractivity contribution < 1.29 is 0 Å². The van der Waals surface area contributed by atoms with E-state index in [1.807, 2.05) is 13.8 Å². The van der Waals surface area contributed by atoms with Crippen LogP contribution in [0, 0.1) is 10.5 Å². The number of anilines is 1. The molecule has 0 aliphatic heterocycles. The number of aryl methyl sites for hydroxylation is 1. The van der Waals surface area contributed by atoms with Gasteiger partial charge in [0.05, 0.1) is 0 Å². The van der Waals surface area contributed by atoms with Gasteiger partial charge in [-0.25, -0.2) is 0 Å². The minimum atomic E-state index is -0.170. The first-order valence-corrected chi connectivity index (χ1v) is 5.75. The molecule has 0 aliphatic rings. The van der Waals surface area contributed by atoms with Crippen LogP contribution in [-0.2, 0) is 0 Å². The molecule has 0 unspecified atom stereocenters. The molecule has 78 valence electrons. The second-order valence-corrected chi connectivity index (χ2v) is 5.47. The Kier molecular flexibility index (Phi) is 3.78. The summed E-state index contributed by atoms with van der Waals surface area (Å²) in [5.74, 6) is 0. The topological polar surface area (TPSA) is 38.0 Å². The van der Waals surface area contributed by atoms with Gasteiger partial charge in [-0.2, -0.15) is 0 Å². The van der Waals surface area contributed by atoms with Gasteiger partial charge in [0.15, 0.2) is 0 Å². The molecule has 2 nitrogen and oxygen atoms in total. The molecule has 1 aromatic rings. The van der Waals surface area contributed by atoms with Crippen LogP contribution in [0.1, 0.15) is 19.4 Å². The monoisotopic (exact) mass is 304 g/mol. The third-order valence-corrected chi connectivity index (χ3v) is 3.08. The summed E-state index contributed by atoms with van der Waals surface area (Å²) >= 11 is 2.34. The van der Waals surface area contributed by atoms with Gasteiger partial charge in [0.25, 0.3) is 0 Å². The van der Waals surface area contributed by atoms with E-state index in [2.05, 4.69) is 53.0 Å². The van der Waals surface area contributed by atoms with E-state index in [-0.39, 0.29) is 5.54 Å². The van der Waals surface area contributed by atoms with Gasteiger partial charge >= 0.3 is 0 Å². The predicted molar refractivity (Wildman–Crippen MR) is 70.7 cm³/mol. The van der Waals surface area contributed by atoms with Crippen LogP contribution in [0.5, 0.6) is 0 Å². The molecule has 0 bridgehead atoms. The number of hydrogen-bond acceptors (Lipinski definition) is 2. The summed E-state index contributed by atoms with van der Waals surface area (Å²) in [6.07, 6.45) is 0. The molecule has 1 aromatic carbocycles. The Labute approximate surface area is 99.4 Å². The Balaban J connectivity index is 2.65. The molecule has 0 aromatic heterocycles. The van der Waals surface area contributed by atoms with Crippen molar-refractivity contribution in [3.05, 3.63) is 27.3 Å². The quantitative estimate of drug-likeness (QED) is 0.843. The molecule has 0 amide bonds. The normalized spacial score (nSPS) is 11.5. The summed E-state index contributed by atoms with van der Waals surface area (Å²) in [5.41, 5.74) is 8.16. The van der Waals surface area contributed by atoms with Crippen LogP contribution >= 0.6 is 22.6 Å². The average Bonchev–Trinajstić information content (AvgIpc) is 2.06. The highest BCUT2D eigenvalue weighted by Crippen LogP contribution is 2.17. The molecule has 0 fully saturated rings. The predicted octanol–water partition coefficient (Wildman–Crippen LogP) is 2.75. The molecule has 0 atom stereocenters. The number of nitrogens with one attached hydrogen (secondary N) is 1. The van der Waals surface area contributed by atoms with Crippen molar-refractivity contribution in [1.82, 2.24) is 0 Å². The fourth-order valence-corrected chi connectivity index (χ4v) is 1.55. The highest BCUT2D eigenvalue weighted by Gasteiger charge is 2.09. The van der Waals surface area contributed by atoms with E-state index < -0.39 is 0 Å². The highest BCUT2D eigenvalue weighted by molar-refractivity contribution is 14.1. The zero-order valence-corrected chi connectivity index (χ0v) is 11.1. The molecule has 1 rings (SSSR count). The Morgan fingerprint density at radius 2 is 2.07 bits per heavy atom. The molecule has 14 heavy (non-hydrogen) atoms. The second-order valence-electron chi connectivity index (χ2n) is 4.31. The molecular weight excluding hydrogens is 287 g/mol. The van der Waals surface area contributed by atoms with Crippen molar-refractivity contribution in [3.63, 3.8) is 0 Å². The third-order valence-electron chi connectivity index (χ3n) is 1.92. The summed E-state index contributed by atoms with van der Waals surface area (Å²) in [7, 11) is 0. The van der Waals surface area contributed by atoms with Crippen LogP contribution in [-0.4, -0.2) is 12.1 Å². The second kappa shape index (κ2) is 4.49. The van der Waals surface area contributed by atoms with Gasteiger partial charge < -0.3 is 11.1 Å². The van der Waals surface area contributed by atoms with Crippen LogP contribution in [0.25, 0.3) is 0 Å². The molecular formula is C11H17IN2. The van der Waals surface area contributed by atoms with Crippen LogP contribution in [0.4, 0.5) is 5.69 Å². The van der Waals surface area contributed by atoms with Crippen LogP contribution in [0.3, 0.4) is 0 Å². The molecule has 0 aliphatic carbocycles. The molecule has 0 heterocycles. The summed E-state index contributed by atoms with van der Waals surface area (Å²) in [4.78, 5) is 0. The average molecular weight is 304 g/mol. The van der Waals surface area contributed by atoms with Gasteiger partial charge in [0, 0.05) is 21.3 Å². The highest BCUT2D eigenvalue weighted by atomic mass is 127. The summed E-state index contributed by atoms with van der Waals surface area (Å²) in [6, 6.07) is 6.35. The minimum Gasteiger partial charge on any atom is -0.383 e. The van der Waals surface area contributed by atoms with Crippen molar-refractivity contribution in [3.8, 4) is 0 Å². The fraction of sp³-hybridized carbons (Fsp3) is 0.455. The molecule has 3 heteroatoms. The summed E-state index contributed by atoms with van der Waals surface area (Å²) in [5, 5.41) is 3.32. The Hall–Kier alpha value is -0.290. The van der Waals surface area contributed by atoms with Gasteiger partial charge in [-0.05, 0) is 61.1 Å². The number of rotatable bonds is 3. The lowest BCUT2D eigenvalue weighted by Crippen LogP contribution is -2.39. The molecule has 0 saturated heterocycles. The van der Waals surface area contributed by atoms with Crippen molar-refractivity contribution in [2.24, 2.45) is 5.73 Å². The Morgan fingerprint density at radius 1 is 1.43 bits per heavy atom. The maximum absolute atomic E-state index is 5.89. The van der Waals surface area contributed by atoms with Gasteiger partial charge in [-0.1, -0.05) is 6.07 Å². The van der Waals surface area contributed by atoms with E-state index in [1.165, 1.54) is 9.13 Å². The standard InChI is InChI=1S/C11H17IN2/c1-8-4-5-9(6-10(8)12)14-7-11(2,3)13/h4-6,14H,7,13H2,1-3H3. The van der Waals surface area contributed by atoms with Crippen molar-refractivity contribution >= 4 is 28.3 Å². The van der Waals surface area contributed by atoms with E-state index in [0.29, 0.717) is 0 Å². The number of hydrogen-bond donors (Lipinski definition) is 2. The Morgan fingerprint density at radius 3 is 2.57 bits per heavy atom. The van der Waals surface area contributed by atoms with Crippen molar-refractivity contribution in [2.45, 2.75) is 26.3 Å². The van der Waals surface area contributed by atoms with Gasteiger partial charge in [-0.3, -0.25) is 0 Å². The minimum absolute atomic E-state index is 0.170. The largest absolute Gasteiger partial charge is 0.383 e. The maximum Gasteiger partial charge on any atom is 0.0351 e. The first kappa shape index (κ1) is 11.8. The summed E-state index contributed by atoms with van der Waals surface area (Å²) < 4.78 is 1.28. The number of benzene rings is 1. The smallest absolute Gasteiger partial charge is 0.0351 e. The van der Waals surface area contributed by atoms with Crippen LogP contribution in [0.2, 0.25) is 0 Å². The lowest BCUT2D eigenvalue weighted by atomic mass is 10.1. The van der Waals surface area contributed by atoms with Crippen LogP contribution in [0.15, 0.2) is 18.2 Å². The third kappa shape index (κ3) is 3.84. The van der Waals surface area contributed by atoms with Gasteiger partial charge in [-0.15, -0.1) is 0 Å². The van der Waals surface area contributed by atoms with E-state index in [0.717, 1.165) is 12.2 Å². The van der Waals surface area contributed by atoms with E-state index in [9.17, 15) is 0 Å². The van der Waals surface area contributed by atoms with Crippen molar-refractivity contribution in [1.29, 1.82) is 0 Å². The van der Waals surface area contributed by atoms with E-state index in [1.54, 1.807) is 0 Å². The van der Waals surface area contributed by atoms with Crippen molar-refractivity contribution in [2.75, 3.05) is 11.9 Å². The first-order valence-electron chi connectivity index (χ1n) is 4.67. The van der Waals surface area contributed by atoms with Crippen LogP contribution < -0.4 is 11.1 Å². The van der Waals surface area contributed by atoms with E-state index >= 15 is 0 Å². The van der Waals surface area contributed by atoms with Gasteiger partial charge in [0.2, 0.25) is 0 Å².